The zero-order chi connectivity index (χ0) is 13.3. The van der Waals surface area contributed by atoms with Gasteiger partial charge in [0.2, 0.25) is 5.90 Å². The molecule has 0 amide bonds. The smallest absolute Gasteiger partial charge is 0.363 e. The molecule has 0 aromatic heterocycles. The summed E-state index contributed by atoms with van der Waals surface area (Å²) in [6.45, 7) is 5.88. The molecule has 18 heavy (non-hydrogen) atoms. The molecule has 4 heteroatoms. The van der Waals surface area contributed by atoms with Gasteiger partial charge < -0.3 is 4.74 Å². The molecule has 0 atom stereocenters. The number of cyclic esters (lactones) is 1. The number of aliphatic imine (C=N–C) groups is 1. The monoisotopic (exact) mass is 307 g/mol. The molecule has 0 bridgehead atoms. The fourth-order valence-electron chi connectivity index (χ4n) is 1.45. The zero-order valence-electron chi connectivity index (χ0n) is 10.5. The van der Waals surface area contributed by atoms with Crippen LogP contribution >= 0.6 is 15.9 Å². The number of hydrogen-bond donors (Lipinski definition) is 0. The Bertz CT molecular complexity index is 536. The maximum absolute atomic E-state index is 11.7. The number of carbonyl (C=O) groups is 1. The van der Waals surface area contributed by atoms with Crippen molar-refractivity contribution in [2.45, 2.75) is 20.8 Å². The van der Waals surface area contributed by atoms with Crippen molar-refractivity contribution >= 4 is 33.9 Å². The minimum Gasteiger partial charge on any atom is -0.406 e. The number of hydrogen-bond acceptors (Lipinski definition) is 3. The number of halogens is 1. The Morgan fingerprint density at radius 2 is 1.83 bits per heavy atom. The number of benzene rings is 1. The number of esters is 1. The molecule has 2 rings (SSSR count). The number of nitrogens with zero attached hydrogens (tertiary/aromatic N) is 1. The topological polar surface area (TPSA) is 38.7 Å². The summed E-state index contributed by atoms with van der Waals surface area (Å²) >= 11 is 3.37. The van der Waals surface area contributed by atoms with Gasteiger partial charge in [0, 0.05) is 9.89 Å². The zero-order valence-corrected chi connectivity index (χ0v) is 12.1. The van der Waals surface area contributed by atoms with Crippen molar-refractivity contribution in [3.05, 3.63) is 40.0 Å². The predicted octanol–water partition coefficient (Wildman–Crippen LogP) is 3.79. The van der Waals surface area contributed by atoms with Crippen LogP contribution in [-0.4, -0.2) is 11.9 Å². The average molecular weight is 308 g/mol. The van der Waals surface area contributed by atoms with E-state index in [9.17, 15) is 4.79 Å². The molecule has 0 aliphatic carbocycles. The summed E-state index contributed by atoms with van der Waals surface area (Å²) in [4.78, 5) is 15.9. The lowest BCUT2D eigenvalue weighted by atomic mass is 9.97. The highest BCUT2D eigenvalue weighted by Gasteiger charge is 2.31. The number of ether oxygens (including phenoxy) is 1. The highest BCUT2D eigenvalue weighted by molar-refractivity contribution is 9.10. The van der Waals surface area contributed by atoms with E-state index in [4.69, 9.17) is 4.74 Å². The van der Waals surface area contributed by atoms with Crippen LogP contribution in [-0.2, 0) is 9.53 Å². The first-order valence-corrected chi connectivity index (χ1v) is 6.44. The minimum atomic E-state index is -0.386. The van der Waals surface area contributed by atoms with Gasteiger partial charge in [-0.15, -0.1) is 0 Å². The Kier molecular flexibility index (Phi) is 3.39. The molecule has 0 saturated carbocycles. The van der Waals surface area contributed by atoms with E-state index in [1.807, 2.05) is 45.0 Å². The summed E-state index contributed by atoms with van der Waals surface area (Å²) < 4.78 is 6.17. The third-order valence-corrected chi connectivity index (χ3v) is 2.96. The Labute approximate surface area is 115 Å². The van der Waals surface area contributed by atoms with Gasteiger partial charge in [-0.05, 0) is 23.8 Å². The largest absolute Gasteiger partial charge is 0.406 e. The molecule has 1 aliphatic rings. The second-order valence-electron chi connectivity index (χ2n) is 5.14. The summed E-state index contributed by atoms with van der Waals surface area (Å²) in [7, 11) is 0. The van der Waals surface area contributed by atoms with Gasteiger partial charge >= 0.3 is 5.97 Å². The molecule has 0 radical (unpaired) electrons. The third kappa shape index (κ3) is 2.88. The number of rotatable bonds is 1. The summed E-state index contributed by atoms with van der Waals surface area (Å²) in [6, 6.07) is 7.66. The maximum Gasteiger partial charge on any atom is 0.363 e. The molecule has 0 saturated heterocycles. The summed E-state index contributed by atoms with van der Waals surface area (Å²) in [5.41, 5.74) is 1.01. The third-order valence-electron chi connectivity index (χ3n) is 2.44. The van der Waals surface area contributed by atoms with E-state index >= 15 is 0 Å². The van der Waals surface area contributed by atoms with E-state index in [0.29, 0.717) is 11.6 Å². The van der Waals surface area contributed by atoms with Gasteiger partial charge in [0.15, 0.2) is 5.70 Å². The minimum absolute atomic E-state index is 0.259. The highest BCUT2D eigenvalue weighted by atomic mass is 79.9. The van der Waals surface area contributed by atoms with Crippen LogP contribution in [0.1, 0.15) is 26.3 Å². The predicted molar refractivity (Wildman–Crippen MR) is 75.1 cm³/mol. The SMILES string of the molecule is CC(C)(C)C1=N/C(=C/c2ccc(Br)cc2)C(=O)O1. The molecule has 0 fully saturated rings. The molecule has 1 aromatic carbocycles. The van der Waals surface area contributed by atoms with Crippen molar-refractivity contribution in [1.82, 2.24) is 0 Å². The van der Waals surface area contributed by atoms with Gasteiger partial charge in [0.25, 0.3) is 0 Å². The Balaban J connectivity index is 2.31. The van der Waals surface area contributed by atoms with Crippen molar-refractivity contribution in [3.63, 3.8) is 0 Å². The standard InChI is InChI=1S/C14H14BrNO2/c1-14(2,3)13-16-11(12(17)18-13)8-9-4-6-10(15)7-5-9/h4-8H,1-3H3/b11-8+. The van der Waals surface area contributed by atoms with Crippen LogP contribution in [0.3, 0.4) is 0 Å². The Hall–Kier alpha value is -1.42. The highest BCUT2D eigenvalue weighted by Crippen LogP contribution is 2.25. The van der Waals surface area contributed by atoms with Crippen molar-refractivity contribution in [2.24, 2.45) is 10.4 Å². The Morgan fingerprint density at radius 3 is 2.33 bits per heavy atom. The van der Waals surface area contributed by atoms with Crippen molar-refractivity contribution in [1.29, 1.82) is 0 Å². The quantitative estimate of drug-likeness (QED) is 0.585. The lowest BCUT2D eigenvalue weighted by molar-refractivity contribution is -0.130. The van der Waals surface area contributed by atoms with E-state index in [1.54, 1.807) is 6.08 Å². The molecule has 0 N–H and O–H groups in total. The fraction of sp³-hybridized carbons (Fsp3) is 0.286. The van der Waals surface area contributed by atoms with E-state index in [1.165, 1.54) is 0 Å². The van der Waals surface area contributed by atoms with E-state index < -0.39 is 0 Å². The molecule has 0 spiro atoms. The van der Waals surface area contributed by atoms with Gasteiger partial charge in [-0.2, -0.15) is 0 Å². The Morgan fingerprint density at radius 1 is 1.22 bits per heavy atom. The first-order valence-electron chi connectivity index (χ1n) is 5.65. The van der Waals surface area contributed by atoms with Gasteiger partial charge in [-0.25, -0.2) is 9.79 Å². The lowest BCUT2D eigenvalue weighted by Crippen LogP contribution is -2.21. The first kappa shape index (κ1) is 13.0. The van der Waals surface area contributed by atoms with Crippen LogP contribution in [0, 0.1) is 5.41 Å². The van der Waals surface area contributed by atoms with Crippen molar-refractivity contribution in [2.75, 3.05) is 0 Å². The van der Waals surface area contributed by atoms with Gasteiger partial charge in [0.05, 0.1) is 0 Å². The van der Waals surface area contributed by atoms with Gasteiger partial charge in [0.1, 0.15) is 0 Å². The second-order valence-corrected chi connectivity index (χ2v) is 6.05. The second kappa shape index (κ2) is 4.69. The van der Waals surface area contributed by atoms with Crippen molar-refractivity contribution in [3.8, 4) is 0 Å². The maximum atomic E-state index is 11.7. The first-order chi connectivity index (χ1) is 8.36. The molecule has 94 valence electrons. The number of carbonyl (C=O) groups excluding carboxylic acids is 1. The van der Waals surface area contributed by atoms with Crippen LogP contribution in [0.15, 0.2) is 39.4 Å². The van der Waals surface area contributed by atoms with Gasteiger partial charge in [-0.1, -0.05) is 48.8 Å². The molecule has 1 heterocycles. The van der Waals surface area contributed by atoms with Crippen molar-refractivity contribution < 1.29 is 9.53 Å². The van der Waals surface area contributed by atoms with Crippen LogP contribution in [0.2, 0.25) is 0 Å². The van der Waals surface area contributed by atoms with Crippen LogP contribution in [0.4, 0.5) is 0 Å². The summed E-state index contributed by atoms with van der Waals surface area (Å²) in [5.74, 6) is 0.0821. The van der Waals surface area contributed by atoms with E-state index in [-0.39, 0.29) is 11.4 Å². The molecule has 0 unspecified atom stereocenters. The van der Waals surface area contributed by atoms with E-state index in [0.717, 1.165) is 10.0 Å². The van der Waals surface area contributed by atoms with E-state index in [2.05, 4.69) is 20.9 Å². The molecular formula is C14H14BrNO2. The summed E-state index contributed by atoms with van der Waals surface area (Å²) in [6.07, 6.45) is 1.73. The molecular weight excluding hydrogens is 294 g/mol. The summed E-state index contributed by atoms with van der Waals surface area (Å²) in [5, 5.41) is 0. The van der Waals surface area contributed by atoms with Gasteiger partial charge in [-0.3, -0.25) is 0 Å². The van der Waals surface area contributed by atoms with Crippen LogP contribution in [0.25, 0.3) is 6.08 Å². The molecule has 3 nitrogen and oxygen atoms in total. The molecule has 1 aromatic rings. The van der Waals surface area contributed by atoms with Crippen LogP contribution < -0.4 is 0 Å². The average Bonchev–Trinajstić information content (AvgIpc) is 2.63. The molecule has 1 aliphatic heterocycles. The normalized spacial score (nSPS) is 17.9. The van der Waals surface area contributed by atoms with Crippen LogP contribution in [0.5, 0.6) is 0 Å². The lowest BCUT2D eigenvalue weighted by Gasteiger charge is -2.15. The fourth-order valence-corrected chi connectivity index (χ4v) is 1.71.